The molecule has 1 N–H and O–H groups in total. The van der Waals surface area contributed by atoms with Gasteiger partial charge in [0.1, 0.15) is 5.60 Å². The van der Waals surface area contributed by atoms with Gasteiger partial charge in [-0.15, -0.1) is 0 Å². The minimum Gasteiger partial charge on any atom is -0.459 e. The Labute approximate surface area is 102 Å². The molecule has 1 heterocycles. The van der Waals surface area contributed by atoms with Crippen molar-refractivity contribution in [3.8, 4) is 0 Å². The molecule has 4 heteroatoms. The SMILES string of the molecule is CC(C)(C)OC(=O)C1(C2(O)CCOCC2)CC1. The van der Waals surface area contributed by atoms with E-state index in [2.05, 4.69) is 0 Å². The highest BCUT2D eigenvalue weighted by Gasteiger charge is 2.65. The third-order valence-corrected chi connectivity index (χ3v) is 3.75. The van der Waals surface area contributed by atoms with E-state index >= 15 is 0 Å². The van der Waals surface area contributed by atoms with Crippen LogP contribution in [0.5, 0.6) is 0 Å². The topological polar surface area (TPSA) is 55.8 Å². The lowest BCUT2D eigenvalue weighted by molar-refractivity contribution is -0.181. The number of rotatable bonds is 2. The molecule has 1 saturated heterocycles. The highest BCUT2D eigenvalue weighted by atomic mass is 16.6. The first-order valence-electron chi connectivity index (χ1n) is 6.33. The fourth-order valence-corrected chi connectivity index (χ4v) is 2.55. The zero-order valence-electron chi connectivity index (χ0n) is 10.9. The van der Waals surface area contributed by atoms with Gasteiger partial charge in [0.05, 0.1) is 11.0 Å². The smallest absolute Gasteiger partial charge is 0.315 e. The maximum atomic E-state index is 12.2. The zero-order chi connectivity index (χ0) is 12.7. The van der Waals surface area contributed by atoms with Crippen molar-refractivity contribution in [2.24, 2.45) is 5.41 Å². The summed E-state index contributed by atoms with van der Waals surface area (Å²) in [4.78, 5) is 12.2. The van der Waals surface area contributed by atoms with Crippen LogP contribution in [0.15, 0.2) is 0 Å². The Bertz CT molecular complexity index is 306. The van der Waals surface area contributed by atoms with Crippen LogP contribution >= 0.6 is 0 Å². The van der Waals surface area contributed by atoms with Gasteiger partial charge < -0.3 is 14.6 Å². The van der Waals surface area contributed by atoms with Gasteiger partial charge in [0.2, 0.25) is 0 Å². The molecule has 2 fully saturated rings. The average molecular weight is 242 g/mol. The molecule has 0 aromatic heterocycles. The first-order chi connectivity index (χ1) is 7.79. The van der Waals surface area contributed by atoms with Gasteiger partial charge in [-0.2, -0.15) is 0 Å². The largest absolute Gasteiger partial charge is 0.459 e. The minimum absolute atomic E-state index is 0.241. The van der Waals surface area contributed by atoms with Gasteiger partial charge in [-0.1, -0.05) is 0 Å². The first kappa shape index (κ1) is 12.8. The summed E-state index contributed by atoms with van der Waals surface area (Å²) in [6.45, 7) is 6.63. The summed E-state index contributed by atoms with van der Waals surface area (Å²) < 4.78 is 10.7. The van der Waals surface area contributed by atoms with E-state index in [1.165, 1.54) is 0 Å². The number of aliphatic hydroxyl groups is 1. The lowest BCUT2D eigenvalue weighted by Gasteiger charge is -2.39. The molecule has 0 bridgehead atoms. The lowest BCUT2D eigenvalue weighted by atomic mass is 9.78. The molecule has 0 radical (unpaired) electrons. The van der Waals surface area contributed by atoms with Crippen molar-refractivity contribution in [1.29, 1.82) is 0 Å². The first-order valence-corrected chi connectivity index (χ1v) is 6.33. The normalized spacial score (nSPS) is 26.4. The highest BCUT2D eigenvalue weighted by molar-refractivity contribution is 5.82. The van der Waals surface area contributed by atoms with Crippen LogP contribution in [-0.2, 0) is 14.3 Å². The Morgan fingerprint density at radius 1 is 1.18 bits per heavy atom. The van der Waals surface area contributed by atoms with Crippen molar-refractivity contribution < 1.29 is 19.4 Å². The number of carbonyl (C=O) groups excluding carboxylic acids is 1. The second-order valence-corrected chi connectivity index (χ2v) is 6.23. The Kier molecular flexibility index (Phi) is 2.99. The molecule has 1 aliphatic heterocycles. The quantitative estimate of drug-likeness (QED) is 0.748. The Morgan fingerprint density at radius 3 is 2.12 bits per heavy atom. The van der Waals surface area contributed by atoms with Gasteiger partial charge in [-0.05, 0) is 33.6 Å². The van der Waals surface area contributed by atoms with E-state index in [4.69, 9.17) is 9.47 Å². The van der Waals surface area contributed by atoms with Gasteiger partial charge in [0, 0.05) is 26.1 Å². The molecule has 98 valence electrons. The lowest BCUT2D eigenvalue weighted by Crippen LogP contribution is -2.50. The molecular formula is C13H22O4. The van der Waals surface area contributed by atoms with Gasteiger partial charge in [0.15, 0.2) is 0 Å². The van der Waals surface area contributed by atoms with E-state index < -0.39 is 16.6 Å². The summed E-state index contributed by atoms with van der Waals surface area (Å²) >= 11 is 0. The highest BCUT2D eigenvalue weighted by Crippen LogP contribution is 2.58. The van der Waals surface area contributed by atoms with Crippen LogP contribution in [-0.4, -0.2) is 35.5 Å². The number of hydrogen-bond acceptors (Lipinski definition) is 4. The summed E-state index contributed by atoms with van der Waals surface area (Å²) in [5.74, 6) is -0.241. The molecule has 0 aromatic carbocycles. The van der Waals surface area contributed by atoms with Crippen LogP contribution in [0.25, 0.3) is 0 Å². The van der Waals surface area contributed by atoms with Crippen molar-refractivity contribution in [2.45, 2.75) is 57.7 Å². The molecular weight excluding hydrogens is 220 g/mol. The predicted octanol–water partition coefficient (Wildman–Crippen LogP) is 1.65. The molecule has 2 aliphatic rings. The van der Waals surface area contributed by atoms with E-state index in [-0.39, 0.29) is 5.97 Å². The van der Waals surface area contributed by atoms with E-state index in [1.807, 2.05) is 20.8 Å². The zero-order valence-corrected chi connectivity index (χ0v) is 10.9. The average Bonchev–Trinajstić information content (AvgIpc) is 2.96. The Morgan fingerprint density at radius 2 is 1.71 bits per heavy atom. The molecule has 1 saturated carbocycles. The number of ether oxygens (including phenoxy) is 2. The van der Waals surface area contributed by atoms with Crippen molar-refractivity contribution in [1.82, 2.24) is 0 Å². The second-order valence-electron chi connectivity index (χ2n) is 6.23. The molecule has 17 heavy (non-hydrogen) atoms. The molecule has 2 rings (SSSR count). The van der Waals surface area contributed by atoms with Crippen LogP contribution in [0.4, 0.5) is 0 Å². The van der Waals surface area contributed by atoms with Crippen LogP contribution < -0.4 is 0 Å². The van der Waals surface area contributed by atoms with Crippen molar-refractivity contribution >= 4 is 5.97 Å². The molecule has 0 amide bonds. The molecule has 0 atom stereocenters. The Balaban J connectivity index is 2.10. The number of hydrogen-bond donors (Lipinski definition) is 1. The second kappa shape index (κ2) is 3.95. The van der Waals surface area contributed by atoms with Gasteiger partial charge in [-0.25, -0.2) is 0 Å². The van der Waals surface area contributed by atoms with E-state index in [1.54, 1.807) is 0 Å². The van der Waals surface area contributed by atoms with Crippen LogP contribution in [0.3, 0.4) is 0 Å². The van der Waals surface area contributed by atoms with Gasteiger partial charge in [0.25, 0.3) is 0 Å². The van der Waals surface area contributed by atoms with Crippen molar-refractivity contribution in [3.05, 3.63) is 0 Å². The van der Waals surface area contributed by atoms with Gasteiger partial charge in [-0.3, -0.25) is 4.79 Å². The molecule has 4 nitrogen and oxygen atoms in total. The standard InChI is InChI=1S/C13H22O4/c1-11(2,3)17-10(14)12(4-5-12)13(15)6-8-16-9-7-13/h15H,4-9H2,1-3H3. The van der Waals surface area contributed by atoms with Crippen LogP contribution in [0.2, 0.25) is 0 Å². The van der Waals surface area contributed by atoms with E-state index in [9.17, 15) is 9.90 Å². The molecule has 0 spiro atoms. The van der Waals surface area contributed by atoms with Crippen LogP contribution in [0.1, 0.15) is 46.5 Å². The van der Waals surface area contributed by atoms with Crippen molar-refractivity contribution in [3.63, 3.8) is 0 Å². The minimum atomic E-state index is -0.923. The summed E-state index contributed by atoms with van der Waals surface area (Å²) in [6.07, 6.45) is 2.54. The fraction of sp³-hybridized carbons (Fsp3) is 0.923. The number of carbonyl (C=O) groups is 1. The van der Waals surface area contributed by atoms with Gasteiger partial charge >= 0.3 is 5.97 Å². The monoisotopic (exact) mass is 242 g/mol. The maximum absolute atomic E-state index is 12.2. The third kappa shape index (κ3) is 2.33. The van der Waals surface area contributed by atoms with E-state index in [0.717, 1.165) is 12.8 Å². The molecule has 0 unspecified atom stereocenters. The van der Waals surface area contributed by atoms with Crippen LogP contribution in [0, 0.1) is 5.41 Å². The maximum Gasteiger partial charge on any atom is 0.315 e. The Hall–Kier alpha value is -0.610. The molecule has 1 aliphatic carbocycles. The number of esters is 1. The predicted molar refractivity (Wildman–Crippen MR) is 62.5 cm³/mol. The van der Waals surface area contributed by atoms with Crippen molar-refractivity contribution in [2.75, 3.05) is 13.2 Å². The summed E-state index contributed by atoms with van der Waals surface area (Å²) in [7, 11) is 0. The summed E-state index contributed by atoms with van der Waals surface area (Å²) in [5, 5.41) is 10.6. The summed E-state index contributed by atoms with van der Waals surface area (Å²) in [6, 6.07) is 0. The third-order valence-electron chi connectivity index (χ3n) is 3.75. The van der Waals surface area contributed by atoms with E-state index in [0.29, 0.717) is 26.1 Å². The summed E-state index contributed by atoms with van der Waals surface area (Å²) in [5.41, 5.74) is -2.08. The molecule has 0 aromatic rings. The fourth-order valence-electron chi connectivity index (χ4n) is 2.55.